The van der Waals surface area contributed by atoms with Crippen molar-refractivity contribution in [1.29, 1.82) is 0 Å². The molecule has 0 spiro atoms. The highest BCUT2D eigenvalue weighted by Crippen LogP contribution is 2.29. The third-order valence-corrected chi connectivity index (χ3v) is 3.76. The summed E-state index contributed by atoms with van der Waals surface area (Å²) in [6.07, 6.45) is 6.58. The summed E-state index contributed by atoms with van der Waals surface area (Å²) in [5.41, 5.74) is 6.61. The van der Waals surface area contributed by atoms with E-state index < -0.39 is 0 Å². The Morgan fingerprint density at radius 3 is 2.90 bits per heavy atom. The molecule has 0 radical (unpaired) electrons. The van der Waals surface area contributed by atoms with Crippen LogP contribution in [-0.4, -0.2) is 21.2 Å². The fourth-order valence-corrected chi connectivity index (χ4v) is 2.69. The summed E-state index contributed by atoms with van der Waals surface area (Å²) in [4.78, 5) is 8.90. The van der Waals surface area contributed by atoms with Crippen molar-refractivity contribution in [3.63, 3.8) is 0 Å². The van der Waals surface area contributed by atoms with Crippen LogP contribution in [0.3, 0.4) is 0 Å². The van der Waals surface area contributed by atoms with Gasteiger partial charge in [-0.15, -0.1) is 0 Å². The second-order valence-corrected chi connectivity index (χ2v) is 5.23. The van der Waals surface area contributed by atoms with Crippen molar-refractivity contribution in [3.05, 3.63) is 54.6 Å². The van der Waals surface area contributed by atoms with Crippen molar-refractivity contribution in [3.8, 4) is 11.5 Å². The maximum Gasteiger partial charge on any atom is 0.234 e. The van der Waals surface area contributed by atoms with E-state index in [4.69, 9.17) is 10.3 Å². The number of allylic oxidation sites excluding steroid dienone is 1. The highest BCUT2D eigenvalue weighted by Gasteiger charge is 2.24. The molecular weight excluding hydrogens is 264 g/mol. The fourth-order valence-electron chi connectivity index (χ4n) is 2.69. The molecule has 2 N–H and O–H groups in total. The van der Waals surface area contributed by atoms with E-state index in [1.54, 1.807) is 6.20 Å². The minimum Gasteiger partial charge on any atom is -0.338 e. The Bertz CT molecular complexity index is 819. The summed E-state index contributed by atoms with van der Waals surface area (Å²) in [5.74, 6) is 1.23. The lowest BCUT2D eigenvalue weighted by atomic mass is 10.1. The van der Waals surface area contributed by atoms with E-state index in [1.807, 2.05) is 42.5 Å². The molecule has 5 nitrogen and oxygen atoms in total. The van der Waals surface area contributed by atoms with Crippen LogP contribution in [0.5, 0.6) is 0 Å². The molecule has 1 aliphatic carbocycles. The van der Waals surface area contributed by atoms with Gasteiger partial charge in [0.2, 0.25) is 11.7 Å². The molecule has 3 aromatic rings. The lowest BCUT2D eigenvalue weighted by molar-refractivity contribution is 0.365. The van der Waals surface area contributed by atoms with Crippen LogP contribution in [0, 0.1) is 0 Å². The highest BCUT2D eigenvalue weighted by atomic mass is 16.5. The molecule has 0 amide bonds. The van der Waals surface area contributed by atoms with Gasteiger partial charge in [0, 0.05) is 17.6 Å². The number of benzene rings is 1. The van der Waals surface area contributed by atoms with E-state index in [9.17, 15) is 0 Å². The van der Waals surface area contributed by atoms with Gasteiger partial charge in [-0.25, -0.2) is 0 Å². The second-order valence-electron chi connectivity index (χ2n) is 5.23. The number of rotatable bonds is 2. The first-order valence-corrected chi connectivity index (χ1v) is 6.93. The summed E-state index contributed by atoms with van der Waals surface area (Å²) < 4.78 is 5.39. The number of fused-ring (bicyclic) bond motifs is 1. The van der Waals surface area contributed by atoms with Gasteiger partial charge in [-0.2, -0.15) is 4.98 Å². The summed E-state index contributed by atoms with van der Waals surface area (Å²) in [6, 6.07) is 10.1. The number of nitrogens with zero attached hydrogens (tertiary/aromatic N) is 3. The number of hydrogen-bond donors (Lipinski definition) is 1. The van der Waals surface area contributed by atoms with Crippen molar-refractivity contribution in [1.82, 2.24) is 15.1 Å². The minimum absolute atomic E-state index is 0.0704. The Hall–Kier alpha value is -2.53. The summed E-state index contributed by atoms with van der Waals surface area (Å²) in [5, 5.41) is 6.21. The number of aromatic nitrogens is 3. The maximum absolute atomic E-state index is 5.87. The molecule has 4 rings (SSSR count). The minimum atomic E-state index is 0.0704. The van der Waals surface area contributed by atoms with E-state index in [-0.39, 0.29) is 12.0 Å². The predicted octanol–water partition coefficient (Wildman–Crippen LogP) is 2.66. The Morgan fingerprint density at radius 1 is 1.14 bits per heavy atom. The Morgan fingerprint density at radius 2 is 2.05 bits per heavy atom. The molecular formula is C16H14N4O. The first-order valence-electron chi connectivity index (χ1n) is 6.93. The molecule has 2 unspecified atom stereocenters. The third-order valence-electron chi connectivity index (χ3n) is 3.76. The van der Waals surface area contributed by atoms with Gasteiger partial charge in [0.1, 0.15) is 5.69 Å². The van der Waals surface area contributed by atoms with E-state index in [2.05, 4.69) is 15.1 Å². The molecule has 0 aliphatic heterocycles. The van der Waals surface area contributed by atoms with Crippen LogP contribution in [0.4, 0.5) is 0 Å². The molecule has 1 aromatic carbocycles. The maximum atomic E-state index is 5.87. The van der Waals surface area contributed by atoms with Gasteiger partial charge in [0.15, 0.2) is 0 Å². The van der Waals surface area contributed by atoms with Gasteiger partial charge in [-0.1, -0.05) is 41.6 Å². The first kappa shape index (κ1) is 12.2. The lowest BCUT2D eigenvalue weighted by Crippen LogP contribution is -2.14. The Balaban J connectivity index is 1.76. The lowest BCUT2D eigenvalue weighted by Gasteiger charge is -2.02. The molecule has 2 heterocycles. The van der Waals surface area contributed by atoms with Crippen LogP contribution >= 0.6 is 0 Å². The largest absolute Gasteiger partial charge is 0.338 e. The fraction of sp³-hybridized carbons (Fsp3) is 0.188. The van der Waals surface area contributed by atoms with Gasteiger partial charge in [0.05, 0.1) is 5.92 Å². The zero-order valence-corrected chi connectivity index (χ0v) is 11.3. The topological polar surface area (TPSA) is 77.8 Å². The smallest absolute Gasteiger partial charge is 0.234 e. The third kappa shape index (κ3) is 2.11. The number of hydrogen-bond acceptors (Lipinski definition) is 5. The zero-order chi connectivity index (χ0) is 14.2. The molecule has 0 saturated carbocycles. The van der Waals surface area contributed by atoms with Gasteiger partial charge >= 0.3 is 0 Å². The van der Waals surface area contributed by atoms with E-state index in [0.717, 1.165) is 22.9 Å². The van der Waals surface area contributed by atoms with Gasteiger partial charge in [0.25, 0.3) is 0 Å². The van der Waals surface area contributed by atoms with E-state index >= 15 is 0 Å². The molecule has 21 heavy (non-hydrogen) atoms. The van der Waals surface area contributed by atoms with E-state index in [0.29, 0.717) is 11.7 Å². The average molecular weight is 278 g/mol. The van der Waals surface area contributed by atoms with Crippen LogP contribution < -0.4 is 5.73 Å². The SMILES string of the molecule is NC1C=CC(c2nc(-c3nccc4ccccc34)no2)C1. The molecule has 5 heteroatoms. The van der Waals surface area contributed by atoms with Crippen molar-refractivity contribution in [2.45, 2.75) is 18.4 Å². The van der Waals surface area contributed by atoms with Gasteiger partial charge < -0.3 is 10.3 Å². The molecule has 0 bridgehead atoms. The number of nitrogens with two attached hydrogens (primary N) is 1. The highest BCUT2D eigenvalue weighted by molar-refractivity contribution is 5.92. The number of pyridine rings is 1. The Kier molecular flexibility index (Phi) is 2.79. The summed E-state index contributed by atoms with van der Waals surface area (Å²) >= 11 is 0. The molecule has 0 saturated heterocycles. The normalized spacial score (nSPS) is 21.2. The molecule has 2 aromatic heterocycles. The van der Waals surface area contributed by atoms with Crippen LogP contribution in [0.25, 0.3) is 22.3 Å². The van der Waals surface area contributed by atoms with Crippen molar-refractivity contribution in [2.75, 3.05) is 0 Å². The average Bonchev–Trinajstić information content (AvgIpc) is 3.15. The molecule has 0 fully saturated rings. The van der Waals surface area contributed by atoms with Crippen molar-refractivity contribution >= 4 is 10.8 Å². The molecule has 104 valence electrons. The van der Waals surface area contributed by atoms with Crippen LogP contribution in [-0.2, 0) is 0 Å². The van der Waals surface area contributed by atoms with Gasteiger partial charge in [-0.05, 0) is 17.9 Å². The van der Waals surface area contributed by atoms with Crippen LogP contribution in [0.15, 0.2) is 53.2 Å². The predicted molar refractivity (Wildman–Crippen MR) is 79.5 cm³/mol. The molecule has 2 atom stereocenters. The van der Waals surface area contributed by atoms with Crippen LogP contribution in [0.1, 0.15) is 18.2 Å². The molecule has 1 aliphatic rings. The second kappa shape index (κ2) is 4.79. The van der Waals surface area contributed by atoms with Crippen LogP contribution in [0.2, 0.25) is 0 Å². The standard InChI is InChI=1S/C16H14N4O/c17-12-6-5-11(9-12)16-19-15(20-21-16)14-13-4-2-1-3-10(13)7-8-18-14/h1-8,11-12H,9,17H2. The monoisotopic (exact) mass is 278 g/mol. The first-order chi connectivity index (χ1) is 10.3. The zero-order valence-electron chi connectivity index (χ0n) is 11.3. The quantitative estimate of drug-likeness (QED) is 0.729. The van der Waals surface area contributed by atoms with E-state index in [1.165, 1.54) is 0 Å². The summed E-state index contributed by atoms with van der Waals surface area (Å²) in [7, 11) is 0. The summed E-state index contributed by atoms with van der Waals surface area (Å²) in [6.45, 7) is 0. The van der Waals surface area contributed by atoms with Crippen molar-refractivity contribution in [2.24, 2.45) is 5.73 Å². The van der Waals surface area contributed by atoms with Crippen molar-refractivity contribution < 1.29 is 4.52 Å². The Labute approximate surface area is 121 Å². The van der Waals surface area contributed by atoms with Gasteiger partial charge in [-0.3, -0.25) is 4.98 Å².